The van der Waals surface area contributed by atoms with Gasteiger partial charge in [0.2, 0.25) is 0 Å². The van der Waals surface area contributed by atoms with E-state index < -0.39 is 11.6 Å². The van der Waals surface area contributed by atoms with Gasteiger partial charge in [-0.15, -0.1) is 11.3 Å². The van der Waals surface area contributed by atoms with Crippen LogP contribution in [-0.2, 0) is 16.8 Å². The predicted octanol–water partition coefficient (Wildman–Crippen LogP) is 1.60. The van der Waals surface area contributed by atoms with E-state index in [9.17, 15) is 9.90 Å². The Balaban J connectivity index is 2.56. The topological polar surface area (TPSA) is 57.5 Å². The lowest BCUT2D eigenvalue weighted by molar-refractivity contribution is -0.166. The lowest BCUT2D eigenvalue weighted by Gasteiger charge is -2.33. The molecule has 1 aromatic rings. The fraction of sp³-hybridized carbons (Fsp3) is 0.500. The zero-order chi connectivity index (χ0) is 10.3. The molecule has 1 aromatic heterocycles. The highest BCUT2D eigenvalue weighted by Gasteiger charge is 2.47. The van der Waals surface area contributed by atoms with Gasteiger partial charge in [-0.3, -0.25) is 0 Å². The Labute approximate surface area is 86.0 Å². The van der Waals surface area contributed by atoms with Crippen LogP contribution >= 0.6 is 11.3 Å². The van der Waals surface area contributed by atoms with Crippen molar-refractivity contribution in [3.8, 4) is 0 Å². The number of carboxylic acids is 1. The van der Waals surface area contributed by atoms with Crippen molar-refractivity contribution in [2.45, 2.75) is 25.4 Å². The lowest BCUT2D eigenvalue weighted by atomic mass is 9.77. The number of fused-ring (bicyclic) bond motifs is 1. The fourth-order valence-electron chi connectivity index (χ4n) is 1.98. The van der Waals surface area contributed by atoms with E-state index in [1.54, 1.807) is 6.92 Å². The number of hydrogen-bond donors (Lipinski definition) is 2. The molecule has 0 saturated carbocycles. The molecule has 2 rings (SSSR count). The Morgan fingerprint density at radius 1 is 1.71 bits per heavy atom. The number of aliphatic hydroxyl groups is 1. The van der Waals surface area contributed by atoms with Crippen LogP contribution in [0.2, 0.25) is 0 Å². The maximum Gasteiger partial charge on any atom is 0.341 e. The third kappa shape index (κ3) is 1.11. The van der Waals surface area contributed by atoms with Gasteiger partial charge in [0.15, 0.2) is 5.60 Å². The van der Waals surface area contributed by atoms with Gasteiger partial charge in [-0.2, -0.15) is 0 Å². The first-order valence-corrected chi connectivity index (χ1v) is 5.47. The SMILES string of the molecule is CC1CCc2ccsc2C1(O)C(=O)O. The van der Waals surface area contributed by atoms with Crippen molar-refractivity contribution < 1.29 is 15.0 Å². The third-order valence-electron chi connectivity index (χ3n) is 2.98. The molecule has 14 heavy (non-hydrogen) atoms. The summed E-state index contributed by atoms with van der Waals surface area (Å²) in [6.07, 6.45) is 1.60. The molecule has 0 bridgehead atoms. The van der Waals surface area contributed by atoms with Crippen molar-refractivity contribution in [2.24, 2.45) is 5.92 Å². The Morgan fingerprint density at radius 2 is 2.43 bits per heavy atom. The molecule has 1 aliphatic carbocycles. The first kappa shape index (κ1) is 9.68. The largest absolute Gasteiger partial charge is 0.479 e. The summed E-state index contributed by atoms with van der Waals surface area (Å²) in [5.74, 6) is -1.35. The third-order valence-corrected chi connectivity index (χ3v) is 4.06. The van der Waals surface area contributed by atoms with Crippen LogP contribution in [0.25, 0.3) is 0 Å². The summed E-state index contributed by atoms with van der Waals surface area (Å²) in [6, 6.07) is 1.90. The molecule has 2 atom stereocenters. The van der Waals surface area contributed by atoms with Crippen molar-refractivity contribution >= 4 is 17.3 Å². The van der Waals surface area contributed by atoms with Gasteiger partial charge in [0, 0.05) is 5.92 Å². The van der Waals surface area contributed by atoms with Crippen molar-refractivity contribution in [1.29, 1.82) is 0 Å². The standard InChI is InChI=1S/C10H12O3S/c1-6-2-3-7-4-5-14-8(7)10(6,13)9(11)12/h4-6,13H,2-3H2,1H3,(H,11,12). The maximum absolute atomic E-state index is 11.1. The lowest BCUT2D eigenvalue weighted by Crippen LogP contribution is -2.44. The van der Waals surface area contributed by atoms with E-state index in [0.29, 0.717) is 4.88 Å². The van der Waals surface area contributed by atoms with Crippen LogP contribution in [0.3, 0.4) is 0 Å². The number of thiophene rings is 1. The average Bonchev–Trinajstić information content (AvgIpc) is 2.59. The average molecular weight is 212 g/mol. The zero-order valence-electron chi connectivity index (χ0n) is 7.86. The number of aryl methyl sites for hydroxylation is 1. The van der Waals surface area contributed by atoms with E-state index in [-0.39, 0.29) is 5.92 Å². The summed E-state index contributed by atoms with van der Waals surface area (Å²) in [5, 5.41) is 21.1. The molecule has 0 aliphatic heterocycles. The second kappa shape index (κ2) is 3.07. The minimum absolute atomic E-state index is 0.217. The molecule has 0 fully saturated rings. The number of carboxylic acid groups (broad SMARTS) is 1. The number of aliphatic carboxylic acids is 1. The number of hydrogen-bond acceptors (Lipinski definition) is 3. The first-order valence-electron chi connectivity index (χ1n) is 4.59. The summed E-state index contributed by atoms with van der Waals surface area (Å²) in [6.45, 7) is 1.79. The van der Waals surface area contributed by atoms with Crippen molar-refractivity contribution in [1.82, 2.24) is 0 Å². The smallest absolute Gasteiger partial charge is 0.341 e. The van der Waals surface area contributed by atoms with Crippen LogP contribution in [0.5, 0.6) is 0 Å². The van der Waals surface area contributed by atoms with E-state index in [1.807, 2.05) is 11.4 Å². The van der Waals surface area contributed by atoms with E-state index in [2.05, 4.69) is 0 Å². The minimum atomic E-state index is -1.66. The molecule has 1 aliphatic rings. The van der Waals surface area contributed by atoms with Crippen molar-refractivity contribution in [3.63, 3.8) is 0 Å². The summed E-state index contributed by atoms with van der Waals surface area (Å²) in [5.41, 5.74) is -0.681. The highest BCUT2D eigenvalue weighted by atomic mass is 32.1. The maximum atomic E-state index is 11.1. The van der Waals surface area contributed by atoms with E-state index in [4.69, 9.17) is 5.11 Å². The molecule has 0 aromatic carbocycles. The monoisotopic (exact) mass is 212 g/mol. The number of carbonyl (C=O) groups is 1. The molecule has 4 heteroatoms. The fourth-order valence-corrected chi connectivity index (χ4v) is 3.14. The van der Waals surface area contributed by atoms with Gasteiger partial charge >= 0.3 is 5.97 Å². The minimum Gasteiger partial charge on any atom is -0.479 e. The van der Waals surface area contributed by atoms with Gasteiger partial charge in [0.25, 0.3) is 0 Å². The second-order valence-corrected chi connectivity index (χ2v) is 4.70. The highest BCUT2D eigenvalue weighted by Crippen LogP contribution is 2.42. The summed E-state index contributed by atoms with van der Waals surface area (Å²) in [7, 11) is 0. The molecule has 76 valence electrons. The molecule has 0 amide bonds. The summed E-state index contributed by atoms with van der Waals surface area (Å²) < 4.78 is 0. The highest BCUT2D eigenvalue weighted by molar-refractivity contribution is 7.10. The van der Waals surface area contributed by atoms with Crippen molar-refractivity contribution in [3.05, 3.63) is 21.9 Å². The van der Waals surface area contributed by atoms with E-state index >= 15 is 0 Å². The second-order valence-electron chi connectivity index (χ2n) is 3.79. The van der Waals surface area contributed by atoms with Gasteiger partial charge in [-0.25, -0.2) is 4.79 Å². The van der Waals surface area contributed by atoms with Crippen molar-refractivity contribution in [2.75, 3.05) is 0 Å². The molecule has 0 saturated heterocycles. The van der Waals surface area contributed by atoms with Crippen LogP contribution in [0.4, 0.5) is 0 Å². The quantitative estimate of drug-likeness (QED) is 0.743. The Bertz CT molecular complexity index is 371. The Hall–Kier alpha value is -0.870. The summed E-state index contributed by atoms with van der Waals surface area (Å²) >= 11 is 1.33. The van der Waals surface area contributed by atoms with E-state index in [0.717, 1.165) is 18.4 Å². The molecule has 2 unspecified atom stereocenters. The molecule has 0 spiro atoms. The van der Waals surface area contributed by atoms with Gasteiger partial charge in [-0.05, 0) is 29.9 Å². The van der Waals surface area contributed by atoms with Gasteiger partial charge < -0.3 is 10.2 Å². The van der Waals surface area contributed by atoms with Crippen LogP contribution in [0.1, 0.15) is 23.8 Å². The van der Waals surface area contributed by atoms with Gasteiger partial charge in [-0.1, -0.05) is 6.92 Å². The van der Waals surface area contributed by atoms with Crippen LogP contribution in [0.15, 0.2) is 11.4 Å². The summed E-state index contributed by atoms with van der Waals surface area (Å²) in [4.78, 5) is 11.7. The first-order chi connectivity index (χ1) is 6.56. The van der Waals surface area contributed by atoms with Crippen LogP contribution in [-0.4, -0.2) is 16.2 Å². The molecule has 0 radical (unpaired) electrons. The molecule has 2 N–H and O–H groups in total. The number of rotatable bonds is 1. The van der Waals surface area contributed by atoms with Crippen LogP contribution in [0, 0.1) is 5.92 Å². The molecular weight excluding hydrogens is 200 g/mol. The Morgan fingerprint density at radius 3 is 3.07 bits per heavy atom. The zero-order valence-corrected chi connectivity index (χ0v) is 8.67. The van der Waals surface area contributed by atoms with Gasteiger partial charge in [0.05, 0.1) is 4.88 Å². The normalized spacial score (nSPS) is 31.1. The van der Waals surface area contributed by atoms with Crippen LogP contribution < -0.4 is 0 Å². The van der Waals surface area contributed by atoms with Gasteiger partial charge in [0.1, 0.15) is 0 Å². The van der Waals surface area contributed by atoms with E-state index in [1.165, 1.54) is 11.3 Å². The predicted molar refractivity (Wildman–Crippen MR) is 53.3 cm³/mol. The Kier molecular flexibility index (Phi) is 2.12. The molecule has 3 nitrogen and oxygen atoms in total. The molecular formula is C10H12O3S. The molecule has 1 heterocycles.